The van der Waals surface area contributed by atoms with E-state index < -0.39 is 10.2 Å². The van der Waals surface area contributed by atoms with Gasteiger partial charge in [-0.25, -0.2) is 0 Å². The Morgan fingerprint density at radius 2 is 1.57 bits per heavy atom. The maximum absolute atomic E-state index is 12.9. The summed E-state index contributed by atoms with van der Waals surface area (Å²) in [6.07, 6.45) is 5.47. The maximum Gasteiger partial charge on any atom is 0.281 e. The van der Waals surface area contributed by atoms with E-state index >= 15 is 0 Å². The van der Waals surface area contributed by atoms with Crippen LogP contribution in [0, 0.1) is 17.3 Å². The van der Waals surface area contributed by atoms with Crippen molar-refractivity contribution in [3.05, 3.63) is 0 Å². The molecule has 136 valence electrons. The van der Waals surface area contributed by atoms with E-state index in [4.69, 9.17) is 0 Å². The van der Waals surface area contributed by atoms with E-state index in [0.29, 0.717) is 24.9 Å². The van der Waals surface area contributed by atoms with E-state index in [-0.39, 0.29) is 18.1 Å². The van der Waals surface area contributed by atoms with E-state index in [0.717, 1.165) is 38.5 Å². The molecular formula is C17H34N2O3S. The standard InChI is InChI=1S/C17H34N2O3S/c1-17(2,3)15-9-11-19(12-10-15)23(21,22)18(4)16-7-5-14(13-20)6-8-16/h14-16,20H,5-13H2,1-4H3. The molecule has 2 aliphatic rings. The summed E-state index contributed by atoms with van der Waals surface area (Å²) in [4.78, 5) is 0. The third-order valence-corrected chi connectivity index (χ3v) is 8.00. The molecule has 1 saturated carbocycles. The molecule has 1 N–H and O–H groups in total. The second-order valence-corrected chi connectivity index (χ2v) is 10.4. The summed E-state index contributed by atoms with van der Waals surface area (Å²) in [5.41, 5.74) is 0.254. The van der Waals surface area contributed by atoms with E-state index in [1.165, 1.54) is 0 Å². The number of nitrogens with zero attached hydrogens (tertiary/aromatic N) is 2. The quantitative estimate of drug-likeness (QED) is 0.851. The molecule has 0 radical (unpaired) electrons. The van der Waals surface area contributed by atoms with Gasteiger partial charge in [-0.05, 0) is 55.8 Å². The molecular weight excluding hydrogens is 312 g/mol. The van der Waals surface area contributed by atoms with Gasteiger partial charge in [0.1, 0.15) is 0 Å². The molecule has 5 nitrogen and oxygen atoms in total. The van der Waals surface area contributed by atoms with Crippen LogP contribution in [0.2, 0.25) is 0 Å². The minimum atomic E-state index is -3.35. The summed E-state index contributed by atoms with van der Waals surface area (Å²) in [6.45, 7) is 8.24. The molecule has 0 spiro atoms. The van der Waals surface area contributed by atoms with Crippen LogP contribution < -0.4 is 0 Å². The zero-order valence-corrected chi connectivity index (χ0v) is 16.0. The van der Waals surface area contributed by atoms with Gasteiger partial charge in [-0.1, -0.05) is 20.8 Å². The average Bonchev–Trinajstić information content (AvgIpc) is 2.53. The zero-order valence-electron chi connectivity index (χ0n) is 15.2. The molecule has 0 bridgehead atoms. The molecule has 0 unspecified atom stereocenters. The topological polar surface area (TPSA) is 60.9 Å². The van der Waals surface area contributed by atoms with Crippen LogP contribution in [0.25, 0.3) is 0 Å². The first-order chi connectivity index (χ1) is 10.7. The lowest BCUT2D eigenvalue weighted by Crippen LogP contribution is -2.50. The summed E-state index contributed by atoms with van der Waals surface area (Å²) < 4.78 is 29.1. The van der Waals surface area contributed by atoms with Gasteiger partial charge < -0.3 is 5.11 Å². The summed E-state index contributed by atoms with van der Waals surface area (Å²) in [7, 11) is -1.62. The average molecular weight is 347 g/mol. The van der Waals surface area contributed by atoms with Gasteiger partial charge in [-0.3, -0.25) is 0 Å². The second-order valence-electron chi connectivity index (χ2n) is 8.42. The van der Waals surface area contributed by atoms with Gasteiger partial charge in [-0.2, -0.15) is 17.0 Å². The predicted molar refractivity (Wildman–Crippen MR) is 93.3 cm³/mol. The van der Waals surface area contributed by atoms with E-state index in [2.05, 4.69) is 20.8 Å². The monoisotopic (exact) mass is 346 g/mol. The lowest BCUT2D eigenvalue weighted by atomic mass is 9.76. The van der Waals surface area contributed by atoms with Crippen molar-refractivity contribution in [2.75, 3.05) is 26.7 Å². The molecule has 0 aromatic rings. The van der Waals surface area contributed by atoms with E-state index in [1.807, 2.05) is 0 Å². The van der Waals surface area contributed by atoms with Gasteiger partial charge in [-0.15, -0.1) is 0 Å². The molecule has 1 aliphatic heterocycles. The molecule has 1 saturated heterocycles. The van der Waals surface area contributed by atoms with Gasteiger partial charge in [0.25, 0.3) is 10.2 Å². The molecule has 1 aliphatic carbocycles. The van der Waals surface area contributed by atoms with Crippen molar-refractivity contribution < 1.29 is 13.5 Å². The van der Waals surface area contributed by atoms with Crippen LogP contribution in [-0.2, 0) is 10.2 Å². The normalized spacial score (nSPS) is 29.1. The van der Waals surface area contributed by atoms with Crippen molar-refractivity contribution in [2.24, 2.45) is 17.3 Å². The smallest absolute Gasteiger partial charge is 0.281 e. The fourth-order valence-electron chi connectivity index (χ4n) is 4.01. The third kappa shape index (κ3) is 4.47. The molecule has 2 fully saturated rings. The second kappa shape index (κ2) is 7.38. The molecule has 0 aromatic heterocycles. The van der Waals surface area contributed by atoms with Crippen molar-refractivity contribution in [3.63, 3.8) is 0 Å². The fraction of sp³-hybridized carbons (Fsp3) is 1.00. The highest BCUT2D eigenvalue weighted by molar-refractivity contribution is 7.86. The first kappa shape index (κ1) is 19.2. The molecule has 6 heteroatoms. The van der Waals surface area contributed by atoms with Gasteiger partial charge >= 0.3 is 0 Å². The first-order valence-electron chi connectivity index (χ1n) is 9.00. The number of hydrogen-bond donors (Lipinski definition) is 1. The molecule has 0 aromatic carbocycles. The maximum atomic E-state index is 12.9. The molecule has 2 rings (SSSR count). The highest BCUT2D eigenvalue weighted by Crippen LogP contribution is 2.36. The third-order valence-electron chi connectivity index (χ3n) is 5.96. The Kier molecular flexibility index (Phi) is 6.15. The molecule has 0 amide bonds. The van der Waals surface area contributed by atoms with Gasteiger partial charge in [0, 0.05) is 32.8 Å². The summed E-state index contributed by atoms with van der Waals surface area (Å²) in [5.74, 6) is 0.948. The first-order valence-corrected chi connectivity index (χ1v) is 10.4. The Bertz CT molecular complexity index is 471. The Morgan fingerprint density at radius 1 is 1.04 bits per heavy atom. The van der Waals surface area contributed by atoms with Crippen LogP contribution in [0.3, 0.4) is 0 Å². The number of aliphatic hydroxyl groups is 1. The lowest BCUT2D eigenvalue weighted by Gasteiger charge is -2.41. The Morgan fingerprint density at radius 3 is 2.00 bits per heavy atom. The molecule has 0 atom stereocenters. The van der Waals surface area contributed by atoms with Crippen molar-refractivity contribution in [2.45, 2.75) is 65.3 Å². The number of hydrogen-bond acceptors (Lipinski definition) is 3. The van der Waals surface area contributed by atoms with Crippen molar-refractivity contribution in [1.29, 1.82) is 0 Å². The Labute approximate surface area is 142 Å². The molecule has 23 heavy (non-hydrogen) atoms. The largest absolute Gasteiger partial charge is 0.396 e. The van der Waals surface area contributed by atoms with Crippen molar-refractivity contribution in [3.8, 4) is 0 Å². The Balaban J connectivity index is 1.94. The SMILES string of the molecule is CN(C1CCC(CO)CC1)S(=O)(=O)N1CCC(C(C)(C)C)CC1. The van der Waals surface area contributed by atoms with Crippen LogP contribution in [0.4, 0.5) is 0 Å². The van der Waals surface area contributed by atoms with E-state index in [9.17, 15) is 13.5 Å². The van der Waals surface area contributed by atoms with E-state index in [1.54, 1.807) is 15.7 Å². The number of aliphatic hydroxyl groups excluding tert-OH is 1. The number of piperidine rings is 1. The minimum Gasteiger partial charge on any atom is -0.396 e. The highest BCUT2D eigenvalue weighted by atomic mass is 32.2. The van der Waals surface area contributed by atoms with Crippen LogP contribution in [0.5, 0.6) is 0 Å². The fourth-order valence-corrected chi connectivity index (χ4v) is 5.64. The van der Waals surface area contributed by atoms with Crippen LogP contribution >= 0.6 is 0 Å². The van der Waals surface area contributed by atoms with Gasteiger partial charge in [0.2, 0.25) is 0 Å². The van der Waals surface area contributed by atoms with Gasteiger partial charge in [0.15, 0.2) is 0 Å². The Hall–Kier alpha value is -0.170. The van der Waals surface area contributed by atoms with Crippen LogP contribution in [0.1, 0.15) is 59.3 Å². The van der Waals surface area contributed by atoms with Crippen molar-refractivity contribution >= 4 is 10.2 Å². The minimum absolute atomic E-state index is 0.0862. The summed E-state index contributed by atoms with van der Waals surface area (Å²) >= 11 is 0. The predicted octanol–water partition coefficient (Wildman–Crippen LogP) is 2.47. The van der Waals surface area contributed by atoms with Crippen LogP contribution in [0.15, 0.2) is 0 Å². The number of rotatable bonds is 4. The summed E-state index contributed by atoms with van der Waals surface area (Å²) in [5, 5.41) is 9.23. The van der Waals surface area contributed by atoms with Crippen molar-refractivity contribution in [1.82, 2.24) is 8.61 Å². The van der Waals surface area contributed by atoms with Gasteiger partial charge in [0.05, 0.1) is 0 Å². The zero-order chi connectivity index (χ0) is 17.3. The molecule has 1 heterocycles. The highest BCUT2D eigenvalue weighted by Gasteiger charge is 2.37. The summed E-state index contributed by atoms with van der Waals surface area (Å²) in [6, 6.07) is 0.0862. The van der Waals surface area contributed by atoms with Crippen LogP contribution in [-0.4, -0.2) is 54.9 Å². The lowest BCUT2D eigenvalue weighted by molar-refractivity contribution is 0.139.